The van der Waals surface area contributed by atoms with Crippen LogP contribution in [-0.2, 0) is 0 Å². The topological polar surface area (TPSA) is 16.1 Å². The third-order valence-electron chi connectivity index (χ3n) is 3.88. The first-order valence-corrected chi connectivity index (χ1v) is 6.15. The fraction of sp³-hybridized carbons (Fsp3) is 0.500. The molecule has 0 saturated carbocycles. The van der Waals surface area contributed by atoms with Gasteiger partial charge in [-0.05, 0) is 48.6 Å². The molecule has 2 nitrogen and oxygen atoms in total. The number of nitrogens with zero attached hydrogens (tertiary/aromatic N) is 2. The zero-order chi connectivity index (χ0) is 11.1. The van der Waals surface area contributed by atoms with Crippen LogP contribution in [0.5, 0.6) is 0 Å². The van der Waals surface area contributed by atoms with Crippen LogP contribution in [0.3, 0.4) is 0 Å². The summed E-state index contributed by atoms with van der Waals surface area (Å²) in [5.41, 5.74) is 4.13. The Morgan fingerprint density at radius 3 is 2.94 bits per heavy atom. The molecule has 2 bridgehead atoms. The molecule has 0 N–H and O–H groups in total. The summed E-state index contributed by atoms with van der Waals surface area (Å²) in [6.45, 7) is 6.78. The van der Waals surface area contributed by atoms with Crippen LogP contribution in [0.4, 0.5) is 0 Å². The van der Waals surface area contributed by atoms with E-state index in [1.54, 1.807) is 0 Å². The van der Waals surface area contributed by atoms with Crippen molar-refractivity contribution in [3.63, 3.8) is 0 Å². The molecular weight excluding hydrogens is 196 g/mol. The number of fused-ring (bicyclic) bond motifs is 2. The van der Waals surface area contributed by atoms with Crippen LogP contribution >= 0.6 is 0 Å². The van der Waals surface area contributed by atoms with Crippen LogP contribution in [0.25, 0.3) is 5.57 Å². The molecule has 1 aromatic rings. The van der Waals surface area contributed by atoms with Gasteiger partial charge in [-0.3, -0.25) is 9.88 Å². The van der Waals surface area contributed by atoms with E-state index in [4.69, 9.17) is 0 Å². The Bertz CT molecular complexity index is 436. The van der Waals surface area contributed by atoms with Gasteiger partial charge in [-0.25, -0.2) is 0 Å². The summed E-state index contributed by atoms with van der Waals surface area (Å²) in [6, 6.07) is 2.95. The third-order valence-corrected chi connectivity index (χ3v) is 3.88. The molecule has 84 valence electrons. The quantitative estimate of drug-likeness (QED) is 0.752. The minimum Gasteiger partial charge on any atom is -0.297 e. The number of likely N-dealkylation sites (N-methyl/N-ethyl adjacent to an activating group) is 1. The van der Waals surface area contributed by atoms with Crippen LogP contribution in [0.2, 0.25) is 0 Å². The van der Waals surface area contributed by atoms with Gasteiger partial charge in [0.25, 0.3) is 0 Å². The third kappa shape index (κ3) is 1.49. The lowest BCUT2D eigenvalue weighted by atomic mass is 9.96. The molecule has 1 aromatic heterocycles. The molecule has 0 amide bonds. The maximum Gasteiger partial charge on any atom is 0.0343 e. The Labute approximate surface area is 97.0 Å². The van der Waals surface area contributed by atoms with E-state index >= 15 is 0 Å². The first-order chi connectivity index (χ1) is 7.78. The fourth-order valence-electron chi connectivity index (χ4n) is 3.08. The molecule has 2 heteroatoms. The molecule has 0 radical (unpaired) electrons. The van der Waals surface area contributed by atoms with E-state index in [0.717, 1.165) is 5.92 Å². The van der Waals surface area contributed by atoms with Gasteiger partial charge in [0.15, 0.2) is 0 Å². The van der Waals surface area contributed by atoms with E-state index in [-0.39, 0.29) is 0 Å². The Morgan fingerprint density at radius 2 is 2.31 bits per heavy atom. The van der Waals surface area contributed by atoms with Gasteiger partial charge in [-0.2, -0.15) is 0 Å². The SMILES string of the molecule is CCN1CC2CC1C=C2c1cncc(C)c1. The molecule has 3 rings (SSSR count). The molecule has 2 unspecified atom stereocenters. The number of hydrogen-bond acceptors (Lipinski definition) is 2. The van der Waals surface area contributed by atoms with Crippen molar-refractivity contribution >= 4 is 5.57 Å². The van der Waals surface area contributed by atoms with Gasteiger partial charge in [0, 0.05) is 25.0 Å². The number of aromatic nitrogens is 1. The zero-order valence-corrected chi connectivity index (χ0v) is 9.98. The highest BCUT2D eigenvalue weighted by Gasteiger charge is 2.38. The minimum absolute atomic E-state index is 0.686. The molecule has 0 spiro atoms. The van der Waals surface area contributed by atoms with Crippen LogP contribution < -0.4 is 0 Å². The second-order valence-electron chi connectivity index (χ2n) is 4.96. The van der Waals surface area contributed by atoms with Gasteiger partial charge in [0.2, 0.25) is 0 Å². The van der Waals surface area contributed by atoms with Crippen molar-refractivity contribution in [3.05, 3.63) is 35.7 Å². The van der Waals surface area contributed by atoms with Crippen molar-refractivity contribution in [1.82, 2.24) is 9.88 Å². The lowest BCUT2D eigenvalue weighted by molar-refractivity contribution is 0.297. The average Bonchev–Trinajstić information content (AvgIpc) is 2.87. The number of aryl methyl sites for hydroxylation is 1. The highest BCUT2D eigenvalue weighted by atomic mass is 15.2. The molecule has 1 fully saturated rings. The Balaban J connectivity index is 1.91. The standard InChI is InChI=1S/C14H18N2/c1-3-16-9-12-5-13(16)6-14(12)11-4-10(2)7-15-8-11/h4,6-8,12-13H,3,5,9H2,1-2H3. The molecule has 0 aromatic carbocycles. The summed E-state index contributed by atoms with van der Waals surface area (Å²) >= 11 is 0. The summed E-state index contributed by atoms with van der Waals surface area (Å²) in [5.74, 6) is 0.744. The number of pyridine rings is 1. The molecule has 2 heterocycles. The van der Waals surface area contributed by atoms with E-state index in [0.29, 0.717) is 6.04 Å². The van der Waals surface area contributed by atoms with E-state index in [2.05, 4.69) is 35.9 Å². The summed E-state index contributed by atoms with van der Waals surface area (Å²) in [4.78, 5) is 6.86. The number of hydrogen-bond donors (Lipinski definition) is 0. The Kier molecular flexibility index (Phi) is 2.32. The van der Waals surface area contributed by atoms with Gasteiger partial charge < -0.3 is 0 Å². The highest BCUT2D eigenvalue weighted by Crippen LogP contribution is 2.41. The largest absolute Gasteiger partial charge is 0.297 e. The molecular formula is C14H18N2. The van der Waals surface area contributed by atoms with E-state index in [9.17, 15) is 0 Å². The molecule has 2 atom stereocenters. The van der Waals surface area contributed by atoms with E-state index in [1.165, 1.54) is 36.2 Å². The maximum absolute atomic E-state index is 4.30. The van der Waals surface area contributed by atoms with Crippen LogP contribution in [0.1, 0.15) is 24.5 Å². The monoisotopic (exact) mass is 214 g/mol. The van der Waals surface area contributed by atoms with Crippen LogP contribution in [0, 0.1) is 12.8 Å². The molecule has 2 aliphatic rings. The van der Waals surface area contributed by atoms with Crippen molar-refractivity contribution in [2.75, 3.05) is 13.1 Å². The van der Waals surface area contributed by atoms with Crippen molar-refractivity contribution in [2.24, 2.45) is 5.92 Å². The molecule has 16 heavy (non-hydrogen) atoms. The van der Waals surface area contributed by atoms with Gasteiger partial charge in [-0.1, -0.05) is 13.0 Å². The second kappa shape index (κ2) is 3.70. The second-order valence-corrected chi connectivity index (χ2v) is 4.96. The lowest BCUT2D eigenvalue weighted by Gasteiger charge is -2.24. The number of rotatable bonds is 2. The van der Waals surface area contributed by atoms with Gasteiger partial charge in [-0.15, -0.1) is 0 Å². The summed E-state index contributed by atoms with van der Waals surface area (Å²) < 4.78 is 0. The van der Waals surface area contributed by atoms with Crippen molar-refractivity contribution < 1.29 is 0 Å². The molecule has 1 aliphatic heterocycles. The molecule has 1 aliphatic carbocycles. The van der Waals surface area contributed by atoms with Crippen molar-refractivity contribution in [3.8, 4) is 0 Å². The Hall–Kier alpha value is -1.15. The summed E-state index contributed by atoms with van der Waals surface area (Å²) in [6.07, 6.45) is 7.71. The Morgan fingerprint density at radius 1 is 1.44 bits per heavy atom. The zero-order valence-electron chi connectivity index (χ0n) is 9.98. The molecule has 1 saturated heterocycles. The predicted octanol–water partition coefficient (Wildman–Crippen LogP) is 2.50. The van der Waals surface area contributed by atoms with E-state index < -0.39 is 0 Å². The maximum atomic E-state index is 4.30. The minimum atomic E-state index is 0.686. The average molecular weight is 214 g/mol. The van der Waals surface area contributed by atoms with Crippen LogP contribution in [0.15, 0.2) is 24.5 Å². The first kappa shape index (κ1) is 10.0. The van der Waals surface area contributed by atoms with Crippen molar-refractivity contribution in [1.29, 1.82) is 0 Å². The van der Waals surface area contributed by atoms with Gasteiger partial charge >= 0.3 is 0 Å². The lowest BCUT2D eigenvalue weighted by Crippen LogP contribution is -2.30. The van der Waals surface area contributed by atoms with Crippen molar-refractivity contribution in [2.45, 2.75) is 26.3 Å². The smallest absolute Gasteiger partial charge is 0.0343 e. The first-order valence-electron chi connectivity index (χ1n) is 6.15. The normalized spacial score (nSPS) is 28.5. The fourth-order valence-corrected chi connectivity index (χ4v) is 3.08. The van der Waals surface area contributed by atoms with Crippen LogP contribution in [-0.4, -0.2) is 29.0 Å². The number of likely N-dealkylation sites (tertiary alicyclic amines) is 1. The predicted molar refractivity (Wildman–Crippen MR) is 66.1 cm³/mol. The van der Waals surface area contributed by atoms with Gasteiger partial charge in [0.1, 0.15) is 0 Å². The summed E-state index contributed by atoms with van der Waals surface area (Å²) in [7, 11) is 0. The van der Waals surface area contributed by atoms with E-state index in [1.807, 2.05) is 12.4 Å². The summed E-state index contributed by atoms with van der Waals surface area (Å²) in [5, 5.41) is 0. The highest BCUT2D eigenvalue weighted by molar-refractivity contribution is 5.71. The van der Waals surface area contributed by atoms with Gasteiger partial charge in [0.05, 0.1) is 0 Å².